The largest absolute Gasteiger partial charge is 0.461 e. The second-order valence-corrected chi connectivity index (χ2v) is 14.5. The van der Waals surface area contributed by atoms with Crippen LogP contribution in [-0.4, -0.2) is 66.2 Å². The summed E-state index contributed by atoms with van der Waals surface area (Å²) in [4.78, 5) is 68.6. The molecule has 2 aromatic carbocycles. The van der Waals surface area contributed by atoms with E-state index in [0.29, 0.717) is 82.4 Å². The first-order valence-electron chi connectivity index (χ1n) is 18.3. The first-order valence-corrected chi connectivity index (χ1v) is 18.3. The van der Waals surface area contributed by atoms with Crippen molar-refractivity contribution in [3.8, 4) is 0 Å². The van der Waals surface area contributed by atoms with Crippen LogP contribution in [-0.2, 0) is 43.9 Å². The van der Waals surface area contributed by atoms with Gasteiger partial charge in [0.25, 0.3) is 0 Å². The van der Waals surface area contributed by atoms with Crippen LogP contribution < -0.4 is 16.7 Å². The molecule has 1 aliphatic carbocycles. The number of nitrogens with two attached hydrogens (primary N) is 1. The van der Waals surface area contributed by atoms with Gasteiger partial charge in [0.2, 0.25) is 23.6 Å². The number of hydrogen-bond donors (Lipinski definition) is 2. The molecule has 3 N–H and O–H groups in total. The Bertz CT molecular complexity index is 2030. The van der Waals surface area contributed by atoms with Gasteiger partial charge in [-0.1, -0.05) is 30.3 Å². The zero-order valence-corrected chi connectivity index (χ0v) is 29.3. The second-order valence-electron chi connectivity index (χ2n) is 14.5. The highest BCUT2D eigenvalue weighted by Crippen LogP contribution is 2.37. The van der Waals surface area contributed by atoms with Gasteiger partial charge in [0.15, 0.2) is 0 Å². The lowest BCUT2D eigenvalue weighted by Gasteiger charge is -2.41. The van der Waals surface area contributed by atoms with E-state index < -0.39 is 11.0 Å². The van der Waals surface area contributed by atoms with E-state index in [4.69, 9.17) is 14.6 Å². The maximum atomic E-state index is 13.9. The normalized spacial score (nSPS) is 17.7. The van der Waals surface area contributed by atoms with Crippen molar-refractivity contribution < 1.29 is 28.0 Å². The molecule has 268 valence electrons. The number of primary amides is 1. The number of hydrogen-bond acceptors (Lipinski definition) is 7. The van der Waals surface area contributed by atoms with E-state index in [-0.39, 0.29) is 36.0 Å². The molecule has 4 amide bonds. The van der Waals surface area contributed by atoms with E-state index in [2.05, 4.69) is 5.32 Å². The summed E-state index contributed by atoms with van der Waals surface area (Å²) in [6.07, 6.45) is 6.85. The number of rotatable bonds is 9. The molecule has 2 aromatic heterocycles. The van der Waals surface area contributed by atoms with Crippen molar-refractivity contribution in [3.63, 3.8) is 0 Å². The number of likely N-dealkylation sites (tertiary alicyclic amines) is 2. The van der Waals surface area contributed by atoms with Crippen molar-refractivity contribution in [3.05, 3.63) is 80.9 Å². The van der Waals surface area contributed by atoms with Gasteiger partial charge in [0.05, 0.1) is 17.4 Å². The first kappa shape index (κ1) is 34.5. The van der Waals surface area contributed by atoms with Gasteiger partial charge >= 0.3 is 5.63 Å². The third-order valence-electron chi connectivity index (χ3n) is 11.5. The Hall–Kier alpha value is -4.93. The van der Waals surface area contributed by atoms with Crippen molar-refractivity contribution in [2.75, 3.05) is 32.7 Å². The summed E-state index contributed by atoms with van der Waals surface area (Å²) >= 11 is 0. The Morgan fingerprint density at radius 2 is 1.57 bits per heavy atom. The van der Waals surface area contributed by atoms with E-state index in [9.17, 15) is 24.0 Å². The molecule has 2 fully saturated rings. The van der Waals surface area contributed by atoms with Crippen molar-refractivity contribution in [2.24, 2.45) is 11.7 Å². The lowest BCUT2D eigenvalue weighted by molar-refractivity contribution is -0.136. The standard InChI is InChI=1S/C40H46N4O7/c1-25-29-22-31-28-10-5-6-11-32(28)50-34(31)24-33(29)51-38(48)30(25)23-36(46)44-20-15-40(16-21-44,27-8-3-2-4-9-27)39(49)42-17-7-12-35(45)43-18-13-26(14-19-43)37(41)47/h2-4,8-9,22,24,26H,5-7,10-21,23H2,1H3,(H2,41,47)(H,42,49). The van der Waals surface area contributed by atoms with Crippen LogP contribution in [0.4, 0.5) is 0 Å². The van der Waals surface area contributed by atoms with Crippen LogP contribution in [0.15, 0.2) is 56.1 Å². The molecule has 11 heteroatoms. The number of carbonyl (C=O) groups is 4. The van der Waals surface area contributed by atoms with E-state index >= 15 is 0 Å². The summed E-state index contributed by atoms with van der Waals surface area (Å²) in [5.41, 5.74) is 8.47. The van der Waals surface area contributed by atoms with Crippen molar-refractivity contribution in [1.82, 2.24) is 15.1 Å². The maximum absolute atomic E-state index is 13.9. The minimum Gasteiger partial charge on any atom is -0.461 e. The van der Waals surface area contributed by atoms with Gasteiger partial charge < -0.3 is 29.7 Å². The third kappa shape index (κ3) is 6.78. The quantitative estimate of drug-likeness (QED) is 0.194. The molecule has 0 radical (unpaired) electrons. The van der Waals surface area contributed by atoms with Crippen LogP contribution in [0.25, 0.3) is 21.9 Å². The number of benzene rings is 2. The molecule has 2 aliphatic heterocycles. The molecule has 0 unspecified atom stereocenters. The van der Waals surface area contributed by atoms with E-state index in [1.807, 2.05) is 43.3 Å². The Morgan fingerprint density at radius 1 is 0.882 bits per heavy atom. The molecule has 7 rings (SSSR count). The topological polar surface area (TPSA) is 156 Å². The molecular formula is C40H46N4O7. The number of aryl methyl sites for hydroxylation is 3. The van der Waals surface area contributed by atoms with E-state index in [1.165, 1.54) is 5.56 Å². The van der Waals surface area contributed by atoms with Crippen LogP contribution in [0.2, 0.25) is 0 Å². The number of furan rings is 1. The van der Waals surface area contributed by atoms with Gasteiger partial charge in [-0.25, -0.2) is 4.79 Å². The number of piperidine rings is 2. The Kier molecular flexibility index (Phi) is 9.72. The fraction of sp³-hybridized carbons (Fsp3) is 0.475. The molecule has 2 saturated heterocycles. The minimum absolute atomic E-state index is 0.0149. The molecule has 0 atom stereocenters. The first-order chi connectivity index (χ1) is 24.6. The fourth-order valence-corrected chi connectivity index (χ4v) is 8.34. The Balaban J connectivity index is 0.997. The average Bonchev–Trinajstić information content (AvgIpc) is 3.52. The summed E-state index contributed by atoms with van der Waals surface area (Å²) in [5, 5.41) is 4.94. The molecule has 4 heterocycles. The van der Waals surface area contributed by atoms with E-state index in [1.54, 1.807) is 15.9 Å². The molecule has 0 spiro atoms. The van der Waals surface area contributed by atoms with Crippen LogP contribution in [0.3, 0.4) is 0 Å². The molecular weight excluding hydrogens is 648 g/mol. The van der Waals surface area contributed by atoms with Crippen LogP contribution in [0, 0.1) is 12.8 Å². The number of amides is 4. The highest BCUT2D eigenvalue weighted by atomic mass is 16.4. The Labute approximate surface area is 296 Å². The summed E-state index contributed by atoms with van der Waals surface area (Å²) in [5.74, 6) is 0.250. The molecule has 51 heavy (non-hydrogen) atoms. The van der Waals surface area contributed by atoms with Crippen LogP contribution in [0.1, 0.15) is 79.4 Å². The SMILES string of the molecule is Cc1c(CC(=O)N2CCC(C(=O)NCCCC(=O)N3CCC(C(N)=O)CC3)(c3ccccc3)CC2)c(=O)oc2cc3oc4c(c3cc12)CCCC4. The number of nitrogens with zero attached hydrogens (tertiary/aromatic N) is 2. The zero-order chi connectivity index (χ0) is 35.7. The maximum Gasteiger partial charge on any atom is 0.340 e. The second kappa shape index (κ2) is 14.4. The van der Waals surface area contributed by atoms with Gasteiger partial charge in [0.1, 0.15) is 16.9 Å². The fourth-order valence-electron chi connectivity index (χ4n) is 8.34. The highest BCUT2D eigenvalue weighted by Gasteiger charge is 2.43. The number of fused-ring (bicyclic) bond motifs is 4. The molecule has 0 bridgehead atoms. The van der Waals surface area contributed by atoms with Crippen LogP contribution >= 0.6 is 0 Å². The molecule has 0 saturated carbocycles. The van der Waals surface area contributed by atoms with Gasteiger partial charge in [-0.3, -0.25) is 19.2 Å². The van der Waals surface area contributed by atoms with Crippen LogP contribution in [0.5, 0.6) is 0 Å². The van der Waals surface area contributed by atoms with E-state index in [0.717, 1.165) is 58.9 Å². The smallest absolute Gasteiger partial charge is 0.340 e. The molecule has 11 nitrogen and oxygen atoms in total. The van der Waals surface area contributed by atoms with Crippen molar-refractivity contribution in [1.29, 1.82) is 0 Å². The summed E-state index contributed by atoms with van der Waals surface area (Å²) in [6, 6.07) is 13.5. The monoisotopic (exact) mass is 694 g/mol. The molecule has 4 aromatic rings. The lowest BCUT2D eigenvalue weighted by atomic mass is 9.72. The predicted molar refractivity (Wildman–Crippen MR) is 192 cm³/mol. The van der Waals surface area contributed by atoms with Gasteiger partial charge in [-0.15, -0.1) is 0 Å². The Morgan fingerprint density at radius 3 is 2.29 bits per heavy atom. The average molecular weight is 695 g/mol. The molecule has 3 aliphatic rings. The van der Waals surface area contributed by atoms with Crippen molar-refractivity contribution in [2.45, 2.75) is 83.0 Å². The summed E-state index contributed by atoms with van der Waals surface area (Å²) in [6.45, 7) is 3.99. The number of carbonyl (C=O) groups excluding carboxylic acids is 4. The third-order valence-corrected chi connectivity index (χ3v) is 11.5. The predicted octanol–water partition coefficient (Wildman–Crippen LogP) is 4.45. The highest BCUT2D eigenvalue weighted by molar-refractivity contribution is 5.97. The zero-order valence-electron chi connectivity index (χ0n) is 29.3. The van der Waals surface area contributed by atoms with Gasteiger partial charge in [-0.2, -0.15) is 0 Å². The minimum atomic E-state index is -0.828. The summed E-state index contributed by atoms with van der Waals surface area (Å²) in [7, 11) is 0. The number of nitrogens with one attached hydrogen (secondary N) is 1. The summed E-state index contributed by atoms with van der Waals surface area (Å²) < 4.78 is 11.9. The van der Waals surface area contributed by atoms with Gasteiger partial charge in [0, 0.05) is 73.9 Å². The lowest BCUT2D eigenvalue weighted by Crippen LogP contribution is -2.53. The van der Waals surface area contributed by atoms with Crippen molar-refractivity contribution >= 4 is 45.6 Å². The van der Waals surface area contributed by atoms with Gasteiger partial charge in [-0.05, 0) is 75.5 Å².